The predicted octanol–water partition coefficient (Wildman–Crippen LogP) is 4.36. The molecule has 0 aliphatic carbocycles. The number of phenolic OH excluding ortho intramolecular Hbond substituents is 1. The molecule has 0 saturated carbocycles. The summed E-state index contributed by atoms with van der Waals surface area (Å²) < 4.78 is 27.8. The van der Waals surface area contributed by atoms with Crippen LogP contribution in [0.4, 0.5) is 11.4 Å². The second kappa shape index (κ2) is 6.77. The Bertz CT molecular complexity index is 981. The van der Waals surface area contributed by atoms with E-state index < -0.39 is 20.4 Å². The maximum absolute atomic E-state index is 12.8. The van der Waals surface area contributed by atoms with Gasteiger partial charge in [-0.05, 0) is 30.0 Å². The molecule has 0 fully saturated rings. The highest BCUT2D eigenvalue weighted by molar-refractivity contribution is 7.92. The van der Waals surface area contributed by atoms with Crippen LogP contribution in [0.15, 0.2) is 35.2 Å². The minimum atomic E-state index is -4.16. The van der Waals surface area contributed by atoms with Gasteiger partial charge in [0.1, 0.15) is 10.6 Å². The fraction of sp³-hybridized carbons (Fsp3) is 0.294. The molecule has 0 atom stereocenters. The lowest BCUT2D eigenvalue weighted by Crippen LogP contribution is -2.17. The van der Waals surface area contributed by atoms with Gasteiger partial charge in [0, 0.05) is 17.7 Å². The van der Waals surface area contributed by atoms with Gasteiger partial charge < -0.3 is 5.11 Å². The van der Waals surface area contributed by atoms with E-state index in [-0.39, 0.29) is 27.0 Å². The normalized spacial score (nSPS) is 12.0. The molecule has 0 aromatic heterocycles. The Labute approximate surface area is 156 Å². The Balaban J connectivity index is 2.52. The maximum Gasteiger partial charge on any atom is 0.271 e. The van der Waals surface area contributed by atoms with Crippen molar-refractivity contribution in [2.45, 2.75) is 38.0 Å². The molecular weight excluding hydrogens is 380 g/mol. The van der Waals surface area contributed by atoms with Crippen LogP contribution in [0.3, 0.4) is 0 Å². The fourth-order valence-electron chi connectivity index (χ4n) is 2.42. The van der Waals surface area contributed by atoms with Gasteiger partial charge >= 0.3 is 0 Å². The Morgan fingerprint density at radius 2 is 1.81 bits per heavy atom. The number of sulfonamides is 1. The molecule has 0 amide bonds. The van der Waals surface area contributed by atoms with Crippen molar-refractivity contribution < 1.29 is 18.4 Å². The van der Waals surface area contributed by atoms with Crippen molar-refractivity contribution in [2.75, 3.05) is 4.72 Å². The summed E-state index contributed by atoms with van der Waals surface area (Å²) in [7, 11) is -4.16. The van der Waals surface area contributed by atoms with Crippen molar-refractivity contribution in [3.05, 3.63) is 56.6 Å². The molecule has 26 heavy (non-hydrogen) atoms. The maximum atomic E-state index is 12.8. The van der Waals surface area contributed by atoms with E-state index in [4.69, 9.17) is 11.6 Å². The van der Waals surface area contributed by atoms with Crippen molar-refractivity contribution >= 4 is 33.0 Å². The number of phenols is 1. The molecule has 7 nitrogen and oxygen atoms in total. The second-order valence-electron chi connectivity index (χ2n) is 6.94. The summed E-state index contributed by atoms with van der Waals surface area (Å²) in [4.78, 5) is 9.85. The van der Waals surface area contributed by atoms with Crippen LogP contribution in [-0.2, 0) is 15.4 Å². The quantitative estimate of drug-likeness (QED) is 0.587. The number of hydrogen-bond acceptors (Lipinski definition) is 5. The number of aryl methyl sites for hydroxylation is 1. The molecule has 2 N–H and O–H groups in total. The van der Waals surface area contributed by atoms with Gasteiger partial charge in [-0.25, -0.2) is 8.42 Å². The smallest absolute Gasteiger partial charge is 0.271 e. The molecule has 0 unspecified atom stereocenters. The standard InChI is InChI=1S/C17H19ClN2O5S/c1-10-7-12(17(2,3)4)16(21)15(8-10)26(24,25)19-14-6-5-11(20(22)23)9-13(14)18/h5-9,19,21H,1-4H3. The minimum Gasteiger partial charge on any atom is -0.506 e. The Morgan fingerprint density at radius 1 is 1.19 bits per heavy atom. The van der Waals surface area contributed by atoms with Crippen LogP contribution in [0.25, 0.3) is 0 Å². The number of hydrogen-bond donors (Lipinski definition) is 2. The van der Waals surface area contributed by atoms with E-state index in [1.165, 1.54) is 12.1 Å². The Hall–Kier alpha value is -2.32. The number of benzene rings is 2. The number of nitrogens with one attached hydrogen (secondary N) is 1. The number of anilines is 1. The molecule has 0 bridgehead atoms. The first-order chi connectivity index (χ1) is 11.8. The SMILES string of the molecule is Cc1cc(C(C)(C)C)c(O)c(S(=O)(=O)Nc2ccc([N+](=O)[O-])cc2Cl)c1. The molecule has 140 valence electrons. The van der Waals surface area contributed by atoms with Crippen LogP contribution in [-0.4, -0.2) is 18.4 Å². The fourth-order valence-corrected chi connectivity index (χ4v) is 3.98. The summed E-state index contributed by atoms with van der Waals surface area (Å²) in [6.45, 7) is 7.31. The lowest BCUT2D eigenvalue weighted by atomic mass is 9.85. The third-order valence-corrected chi connectivity index (χ3v) is 5.42. The molecule has 2 rings (SSSR count). The van der Waals surface area contributed by atoms with E-state index >= 15 is 0 Å². The van der Waals surface area contributed by atoms with E-state index in [1.807, 2.05) is 20.8 Å². The zero-order valence-electron chi connectivity index (χ0n) is 14.7. The third-order valence-electron chi connectivity index (χ3n) is 3.72. The first kappa shape index (κ1) is 20.0. The van der Waals surface area contributed by atoms with Crippen molar-refractivity contribution in [1.29, 1.82) is 0 Å². The van der Waals surface area contributed by atoms with Crippen LogP contribution < -0.4 is 4.72 Å². The van der Waals surface area contributed by atoms with E-state index in [0.29, 0.717) is 11.1 Å². The van der Waals surface area contributed by atoms with Crippen LogP contribution >= 0.6 is 11.6 Å². The molecule has 0 heterocycles. The summed E-state index contributed by atoms with van der Waals surface area (Å²) >= 11 is 5.95. The van der Waals surface area contributed by atoms with Gasteiger partial charge in [-0.1, -0.05) is 38.4 Å². The molecule has 0 spiro atoms. The van der Waals surface area contributed by atoms with Gasteiger partial charge in [-0.2, -0.15) is 0 Å². The first-order valence-corrected chi connectivity index (χ1v) is 9.50. The van der Waals surface area contributed by atoms with Crippen LogP contribution in [0, 0.1) is 17.0 Å². The number of halogens is 1. The minimum absolute atomic E-state index is 0.0181. The highest BCUT2D eigenvalue weighted by Crippen LogP contribution is 2.38. The van der Waals surface area contributed by atoms with Crippen molar-refractivity contribution in [3.63, 3.8) is 0 Å². The Kier molecular flexibility index (Phi) is 5.21. The summed E-state index contributed by atoms with van der Waals surface area (Å²) in [6, 6.07) is 6.48. The highest BCUT2D eigenvalue weighted by atomic mass is 35.5. The lowest BCUT2D eigenvalue weighted by Gasteiger charge is -2.23. The first-order valence-electron chi connectivity index (χ1n) is 7.64. The van der Waals surface area contributed by atoms with Gasteiger partial charge in [-0.3, -0.25) is 14.8 Å². The van der Waals surface area contributed by atoms with Gasteiger partial charge in [0.05, 0.1) is 15.6 Å². The van der Waals surface area contributed by atoms with Crippen molar-refractivity contribution in [3.8, 4) is 5.75 Å². The molecule has 0 aliphatic heterocycles. The van der Waals surface area contributed by atoms with E-state index in [1.54, 1.807) is 13.0 Å². The number of nitro benzene ring substituents is 1. The molecule has 2 aromatic carbocycles. The molecule has 0 saturated heterocycles. The van der Waals surface area contributed by atoms with E-state index in [9.17, 15) is 23.6 Å². The molecule has 0 aliphatic rings. The third kappa shape index (κ3) is 4.08. The average Bonchev–Trinajstić information content (AvgIpc) is 2.49. The number of nitrogens with zero attached hydrogens (tertiary/aromatic N) is 1. The molecule has 0 radical (unpaired) electrons. The topological polar surface area (TPSA) is 110 Å². The predicted molar refractivity (Wildman–Crippen MR) is 100 cm³/mol. The number of nitro groups is 1. The molecule has 9 heteroatoms. The number of non-ortho nitro benzene ring substituents is 1. The molecular formula is C17H19ClN2O5S. The summed E-state index contributed by atoms with van der Waals surface area (Å²) in [5, 5.41) is 21.1. The Morgan fingerprint density at radius 3 is 2.31 bits per heavy atom. The van der Waals surface area contributed by atoms with Gasteiger partial charge in [0.25, 0.3) is 15.7 Å². The summed E-state index contributed by atoms with van der Waals surface area (Å²) in [6.07, 6.45) is 0. The summed E-state index contributed by atoms with van der Waals surface area (Å²) in [5.74, 6) is -0.339. The molecule has 2 aromatic rings. The second-order valence-corrected chi connectivity index (χ2v) is 8.99. The van der Waals surface area contributed by atoms with Gasteiger partial charge in [0.2, 0.25) is 0 Å². The average molecular weight is 399 g/mol. The van der Waals surface area contributed by atoms with E-state index in [0.717, 1.165) is 12.1 Å². The largest absolute Gasteiger partial charge is 0.506 e. The lowest BCUT2D eigenvalue weighted by molar-refractivity contribution is -0.384. The van der Waals surface area contributed by atoms with Gasteiger partial charge in [0.15, 0.2) is 0 Å². The van der Waals surface area contributed by atoms with Crippen LogP contribution in [0.2, 0.25) is 5.02 Å². The van der Waals surface area contributed by atoms with Crippen molar-refractivity contribution in [1.82, 2.24) is 0 Å². The van der Waals surface area contributed by atoms with Gasteiger partial charge in [-0.15, -0.1) is 0 Å². The zero-order chi connectivity index (χ0) is 19.9. The van der Waals surface area contributed by atoms with E-state index in [2.05, 4.69) is 4.72 Å². The van der Waals surface area contributed by atoms with Crippen LogP contribution in [0.5, 0.6) is 5.75 Å². The number of rotatable bonds is 4. The number of aromatic hydroxyl groups is 1. The summed E-state index contributed by atoms with van der Waals surface area (Å²) in [5.41, 5.74) is 0.420. The highest BCUT2D eigenvalue weighted by Gasteiger charge is 2.27. The van der Waals surface area contributed by atoms with Crippen molar-refractivity contribution in [2.24, 2.45) is 0 Å². The monoisotopic (exact) mass is 398 g/mol. The zero-order valence-corrected chi connectivity index (χ0v) is 16.3. The van der Waals surface area contributed by atoms with Crippen LogP contribution in [0.1, 0.15) is 31.9 Å².